The van der Waals surface area contributed by atoms with Crippen molar-refractivity contribution in [2.24, 2.45) is 0 Å². The van der Waals surface area contributed by atoms with Gasteiger partial charge < -0.3 is 10.6 Å². The van der Waals surface area contributed by atoms with Gasteiger partial charge in [0, 0.05) is 12.6 Å². The normalized spacial score (nSPS) is 14.3. The number of aromatic nitrogens is 1. The molecule has 1 aromatic heterocycles. The van der Waals surface area contributed by atoms with Gasteiger partial charge in [0.25, 0.3) is 0 Å². The molecule has 20 heavy (non-hydrogen) atoms. The number of pyridine rings is 1. The van der Waals surface area contributed by atoms with Crippen LogP contribution in [0, 0.1) is 6.92 Å². The molecule has 0 spiro atoms. The van der Waals surface area contributed by atoms with Crippen LogP contribution in [0.2, 0.25) is 0 Å². The molecule has 1 fully saturated rings. The predicted molar refractivity (Wildman–Crippen MR) is 86.7 cm³/mol. The Morgan fingerprint density at radius 3 is 2.65 bits per heavy atom. The van der Waals surface area contributed by atoms with Crippen LogP contribution in [0.4, 0.5) is 11.5 Å². The van der Waals surface area contributed by atoms with E-state index in [0.29, 0.717) is 6.04 Å². The molecule has 0 radical (unpaired) electrons. The van der Waals surface area contributed by atoms with Crippen molar-refractivity contribution < 1.29 is 0 Å². The van der Waals surface area contributed by atoms with Crippen molar-refractivity contribution in [3.8, 4) is 0 Å². The van der Waals surface area contributed by atoms with Crippen LogP contribution in [-0.4, -0.2) is 11.0 Å². The lowest BCUT2D eigenvalue weighted by Crippen LogP contribution is -2.26. The fourth-order valence-corrected chi connectivity index (χ4v) is 2.88. The summed E-state index contributed by atoms with van der Waals surface area (Å²) in [7, 11) is 0. The second-order valence-corrected chi connectivity index (χ2v) is 6.11. The van der Waals surface area contributed by atoms with Gasteiger partial charge in [-0.05, 0) is 46.8 Å². The van der Waals surface area contributed by atoms with E-state index in [4.69, 9.17) is 5.73 Å². The van der Waals surface area contributed by atoms with Crippen LogP contribution < -0.4 is 10.6 Å². The number of hydrogen-bond acceptors (Lipinski definition) is 3. The van der Waals surface area contributed by atoms with Crippen molar-refractivity contribution in [1.82, 2.24) is 4.98 Å². The smallest absolute Gasteiger partial charge is 0.143 e. The lowest BCUT2D eigenvalue weighted by Gasteiger charge is -2.25. The average Bonchev–Trinajstić information content (AvgIpc) is 3.29. The molecular weight excluding hydrogens is 314 g/mol. The van der Waals surface area contributed by atoms with E-state index in [1.165, 1.54) is 18.4 Å². The number of rotatable bonds is 4. The van der Waals surface area contributed by atoms with Gasteiger partial charge in [-0.2, -0.15) is 0 Å². The number of nitrogen functional groups attached to an aromatic ring is 1. The Morgan fingerprint density at radius 2 is 2.00 bits per heavy atom. The van der Waals surface area contributed by atoms with Gasteiger partial charge in [0.2, 0.25) is 0 Å². The first-order valence-corrected chi connectivity index (χ1v) is 7.67. The lowest BCUT2D eigenvalue weighted by atomic mass is 10.2. The summed E-state index contributed by atoms with van der Waals surface area (Å²) in [6.07, 6.45) is 4.24. The molecule has 2 aromatic rings. The summed E-state index contributed by atoms with van der Waals surface area (Å²) in [5.74, 6) is 1.00. The van der Waals surface area contributed by atoms with Gasteiger partial charge in [0.05, 0.1) is 16.4 Å². The first-order valence-electron chi connectivity index (χ1n) is 6.88. The van der Waals surface area contributed by atoms with Gasteiger partial charge in [0.15, 0.2) is 0 Å². The van der Waals surface area contributed by atoms with Crippen LogP contribution in [0.25, 0.3) is 0 Å². The quantitative estimate of drug-likeness (QED) is 0.923. The Hall–Kier alpha value is -1.55. The lowest BCUT2D eigenvalue weighted by molar-refractivity contribution is 0.775. The second kappa shape index (κ2) is 5.44. The Kier molecular flexibility index (Phi) is 3.66. The van der Waals surface area contributed by atoms with Crippen LogP contribution in [0.5, 0.6) is 0 Å². The maximum absolute atomic E-state index is 5.92. The highest BCUT2D eigenvalue weighted by Crippen LogP contribution is 2.38. The Balaban J connectivity index is 1.93. The van der Waals surface area contributed by atoms with Crippen LogP contribution in [0.15, 0.2) is 41.0 Å². The molecule has 1 heterocycles. The molecule has 3 nitrogen and oxygen atoms in total. The van der Waals surface area contributed by atoms with Crippen molar-refractivity contribution in [2.45, 2.75) is 32.4 Å². The highest BCUT2D eigenvalue weighted by atomic mass is 79.9. The van der Waals surface area contributed by atoms with E-state index in [2.05, 4.69) is 50.1 Å². The summed E-state index contributed by atoms with van der Waals surface area (Å²) >= 11 is 3.66. The van der Waals surface area contributed by atoms with E-state index in [-0.39, 0.29) is 0 Å². The zero-order chi connectivity index (χ0) is 14.1. The molecule has 0 amide bonds. The van der Waals surface area contributed by atoms with Crippen molar-refractivity contribution in [3.63, 3.8) is 0 Å². The van der Waals surface area contributed by atoms with Gasteiger partial charge in [0.1, 0.15) is 5.82 Å². The molecule has 1 aliphatic carbocycles. The van der Waals surface area contributed by atoms with Crippen LogP contribution >= 0.6 is 15.9 Å². The van der Waals surface area contributed by atoms with Crippen molar-refractivity contribution in [3.05, 3.63) is 52.1 Å². The van der Waals surface area contributed by atoms with Crippen LogP contribution in [-0.2, 0) is 6.54 Å². The van der Waals surface area contributed by atoms with Gasteiger partial charge in [-0.25, -0.2) is 4.98 Å². The molecule has 104 valence electrons. The first kappa shape index (κ1) is 13.4. The van der Waals surface area contributed by atoms with E-state index in [1.807, 2.05) is 13.0 Å². The zero-order valence-corrected chi connectivity index (χ0v) is 13.1. The maximum atomic E-state index is 5.92. The topological polar surface area (TPSA) is 42.1 Å². The highest BCUT2D eigenvalue weighted by molar-refractivity contribution is 9.10. The van der Waals surface area contributed by atoms with Crippen LogP contribution in [0.3, 0.4) is 0 Å². The third-order valence-corrected chi connectivity index (χ3v) is 4.69. The molecule has 4 heteroatoms. The van der Waals surface area contributed by atoms with E-state index in [0.717, 1.165) is 28.1 Å². The monoisotopic (exact) mass is 331 g/mol. The Morgan fingerprint density at radius 1 is 1.30 bits per heavy atom. The minimum Gasteiger partial charge on any atom is -0.397 e. The maximum Gasteiger partial charge on any atom is 0.143 e. The predicted octanol–water partition coefficient (Wildman–Crippen LogP) is 3.90. The molecule has 2 N–H and O–H groups in total. The van der Waals surface area contributed by atoms with E-state index in [1.54, 1.807) is 6.20 Å². The van der Waals surface area contributed by atoms with Gasteiger partial charge >= 0.3 is 0 Å². The largest absolute Gasteiger partial charge is 0.397 e. The number of nitrogens with zero attached hydrogens (tertiary/aromatic N) is 2. The summed E-state index contributed by atoms with van der Waals surface area (Å²) in [4.78, 5) is 6.93. The van der Waals surface area contributed by atoms with Crippen LogP contribution in [0.1, 0.15) is 24.0 Å². The van der Waals surface area contributed by atoms with Crippen molar-refractivity contribution in [2.75, 3.05) is 10.6 Å². The minimum absolute atomic E-state index is 0.599. The second-order valence-electron chi connectivity index (χ2n) is 5.32. The number of benzene rings is 1. The molecule has 1 aromatic carbocycles. The van der Waals surface area contributed by atoms with E-state index >= 15 is 0 Å². The molecule has 1 saturated carbocycles. The molecule has 1 aliphatic rings. The molecule has 0 saturated heterocycles. The average molecular weight is 332 g/mol. The summed E-state index contributed by atoms with van der Waals surface area (Å²) in [5.41, 5.74) is 9.03. The zero-order valence-electron chi connectivity index (χ0n) is 11.5. The molecule has 0 unspecified atom stereocenters. The number of anilines is 2. The molecule has 0 atom stereocenters. The van der Waals surface area contributed by atoms with E-state index in [9.17, 15) is 0 Å². The third-order valence-electron chi connectivity index (χ3n) is 3.74. The molecule has 0 aliphatic heterocycles. The molecule has 0 bridgehead atoms. The fourth-order valence-electron chi connectivity index (χ4n) is 2.32. The summed E-state index contributed by atoms with van der Waals surface area (Å²) in [5, 5.41) is 0. The third kappa shape index (κ3) is 2.66. The van der Waals surface area contributed by atoms with Crippen molar-refractivity contribution >= 4 is 27.4 Å². The standard InChI is InChI=1S/C16H18BrN3/c1-11-14(18)9-19-16(15(11)17)20(13-7-8-13)10-12-5-3-2-4-6-12/h2-6,9,13H,7-8,10,18H2,1H3. The van der Waals surface area contributed by atoms with Crippen molar-refractivity contribution in [1.29, 1.82) is 0 Å². The molecule has 3 rings (SSSR count). The van der Waals surface area contributed by atoms with E-state index < -0.39 is 0 Å². The summed E-state index contributed by atoms with van der Waals surface area (Å²) in [6.45, 7) is 2.92. The Bertz CT molecular complexity index is 609. The first-order chi connectivity index (χ1) is 9.66. The van der Waals surface area contributed by atoms with Gasteiger partial charge in [-0.1, -0.05) is 30.3 Å². The molecular formula is C16H18BrN3. The van der Waals surface area contributed by atoms with Gasteiger partial charge in [-0.15, -0.1) is 0 Å². The van der Waals surface area contributed by atoms with Gasteiger partial charge in [-0.3, -0.25) is 0 Å². The number of nitrogens with two attached hydrogens (primary N) is 1. The summed E-state index contributed by atoms with van der Waals surface area (Å²) in [6, 6.07) is 11.1. The number of halogens is 1. The highest BCUT2D eigenvalue weighted by Gasteiger charge is 2.31. The minimum atomic E-state index is 0.599. The fraction of sp³-hybridized carbons (Fsp3) is 0.312. The Labute approximate surface area is 127 Å². The summed E-state index contributed by atoms with van der Waals surface area (Å²) < 4.78 is 1.01. The SMILES string of the molecule is Cc1c(N)cnc(N(Cc2ccccc2)C2CC2)c1Br. The number of hydrogen-bond donors (Lipinski definition) is 1.